The SMILES string of the molecule is Cc1c(F)cccc1C(=O)NC(C(=O)O)C1CC1. The molecule has 2 rings (SSSR count). The minimum absolute atomic E-state index is 0.000292. The lowest BCUT2D eigenvalue weighted by Crippen LogP contribution is -2.42. The van der Waals surface area contributed by atoms with E-state index in [1.54, 1.807) is 0 Å². The van der Waals surface area contributed by atoms with Crippen LogP contribution in [0.1, 0.15) is 28.8 Å². The van der Waals surface area contributed by atoms with Crippen LogP contribution in [0.15, 0.2) is 18.2 Å². The number of carbonyl (C=O) groups is 2. The standard InChI is InChI=1S/C13H14FNO3/c1-7-9(3-2-4-10(7)14)12(16)15-11(13(17)18)8-5-6-8/h2-4,8,11H,5-6H2,1H3,(H,15,16)(H,17,18). The summed E-state index contributed by atoms with van der Waals surface area (Å²) in [4.78, 5) is 22.9. The van der Waals surface area contributed by atoms with Gasteiger partial charge in [0.15, 0.2) is 0 Å². The number of halogens is 1. The van der Waals surface area contributed by atoms with Crippen LogP contribution in [0, 0.1) is 18.7 Å². The fourth-order valence-electron chi connectivity index (χ4n) is 1.88. The van der Waals surface area contributed by atoms with E-state index in [9.17, 15) is 14.0 Å². The van der Waals surface area contributed by atoms with Crippen molar-refractivity contribution in [3.63, 3.8) is 0 Å². The molecule has 1 saturated carbocycles. The van der Waals surface area contributed by atoms with Gasteiger partial charge in [0.1, 0.15) is 11.9 Å². The van der Waals surface area contributed by atoms with Gasteiger partial charge >= 0.3 is 5.97 Å². The highest BCUT2D eigenvalue weighted by Crippen LogP contribution is 2.33. The number of nitrogens with one attached hydrogen (secondary N) is 1. The van der Waals surface area contributed by atoms with Crippen molar-refractivity contribution in [1.29, 1.82) is 0 Å². The molecule has 96 valence electrons. The molecule has 0 spiro atoms. The molecule has 4 nitrogen and oxygen atoms in total. The number of hydrogen-bond acceptors (Lipinski definition) is 2. The van der Waals surface area contributed by atoms with Gasteiger partial charge in [0, 0.05) is 5.56 Å². The molecule has 1 unspecified atom stereocenters. The van der Waals surface area contributed by atoms with E-state index in [2.05, 4.69) is 5.32 Å². The first-order valence-corrected chi connectivity index (χ1v) is 5.79. The highest BCUT2D eigenvalue weighted by atomic mass is 19.1. The maximum atomic E-state index is 13.3. The van der Waals surface area contributed by atoms with Crippen LogP contribution in [0.5, 0.6) is 0 Å². The zero-order valence-corrected chi connectivity index (χ0v) is 9.94. The zero-order chi connectivity index (χ0) is 13.3. The van der Waals surface area contributed by atoms with Crippen molar-refractivity contribution in [3.8, 4) is 0 Å². The molecule has 1 aromatic carbocycles. The Morgan fingerprint density at radius 2 is 2.11 bits per heavy atom. The summed E-state index contributed by atoms with van der Waals surface area (Å²) >= 11 is 0. The molecule has 2 N–H and O–H groups in total. The summed E-state index contributed by atoms with van der Waals surface area (Å²) in [5.41, 5.74) is 0.414. The van der Waals surface area contributed by atoms with Gasteiger partial charge in [0.05, 0.1) is 0 Å². The maximum absolute atomic E-state index is 13.3. The van der Waals surface area contributed by atoms with Crippen molar-refractivity contribution in [1.82, 2.24) is 5.32 Å². The first-order valence-electron chi connectivity index (χ1n) is 5.79. The van der Waals surface area contributed by atoms with Gasteiger partial charge < -0.3 is 10.4 Å². The lowest BCUT2D eigenvalue weighted by atomic mass is 10.1. The van der Waals surface area contributed by atoms with Gasteiger partial charge in [-0.1, -0.05) is 6.07 Å². The third-order valence-corrected chi connectivity index (χ3v) is 3.16. The average Bonchev–Trinajstić information content (AvgIpc) is 3.13. The summed E-state index contributed by atoms with van der Waals surface area (Å²) < 4.78 is 13.3. The highest BCUT2D eigenvalue weighted by Gasteiger charge is 2.37. The van der Waals surface area contributed by atoms with E-state index in [1.807, 2.05) is 0 Å². The monoisotopic (exact) mass is 251 g/mol. The molecular formula is C13H14FNO3. The van der Waals surface area contributed by atoms with E-state index < -0.39 is 23.7 Å². The van der Waals surface area contributed by atoms with Gasteiger partial charge in [-0.15, -0.1) is 0 Å². The number of benzene rings is 1. The number of rotatable bonds is 4. The molecule has 1 amide bonds. The molecule has 1 atom stereocenters. The van der Waals surface area contributed by atoms with Gasteiger partial charge in [-0.25, -0.2) is 9.18 Å². The summed E-state index contributed by atoms with van der Waals surface area (Å²) in [5.74, 6) is -2.05. The second kappa shape index (κ2) is 4.76. The first-order chi connectivity index (χ1) is 8.50. The minimum atomic E-state index is -1.04. The molecule has 0 heterocycles. The van der Waals surface area contributed by atoms with Gasteiger partial charge in [-0.2, -0.15) is 0 Å². The lowest BCUT2D eigenvalue weighted by Gasteiger charge is -2.14. The Morgan fingerprint density at radius 3 is 2.67 bits per heavy atom. The van der Waals surface area contributed by atoms with E-state index in [0.717, 1.165) is 12.8 Å². The topological polar surface area (TPSA) is 66.4 Å². The normalized spacial score (nSPS) is 16.1. The molecule has 5 heteroatoms. The molecule has 0 aromatic heterocycles. The summed E-state index contributed by atoms with van der Waals surface area (Å²) in [5, 5.41) is 11.5. The Balaban J connectivity index is 2.16. The van der Waals surface area contributed by atoms with Gasteiger partial charge in [-0.3, -0.25) is 4.79 Å². The predicted molar refractivity (Wildman–Crippen MR) is 62.8 cm³/mol. The van der Waals surface area contributed by atoms with Crippen LogP contribution in [0.25, 0.3) is 0 Å². The van der Waals surface area contributed by atoms with Crippen LogP contribution < -0.4 is 5.32 Å². The Bertz CT molecular complexity index is 497. The first kappa shape index (κ1) is 12.5. The van der Waals surface area contributed by atoms with Crippen molar-refractivity contribution >= 4 is 11.9 Å². The molecule has 1 aliphatic carbocycles. The highest BCUT2D eigenvalue weighted by molar-refractivity contribution is 5.97. The Morgan fingerprint density at radius 1 is 1.44 bits per heavy atom. The van der Waals surface area contributed by atoms with E-state index in [4.69, 9.17) is 5.11 Å². The van der Waals surface area contributed by atoms with Crippen LogP contribution in [-0.2, 0) is 4.79 Å². The maximum Gasteiger partial charge on any atom is 0.326 e. The van der Waals surface area contributed by atoms with E-state index in [1.165, 1.54) is 25.1 Å². The van der Waals surface area contributed by atoms with Crippen molar-refractivity contribution in [2.45, 2.75) is 25.8 Å². The Hall–Kier alpha value is -1.91. The molecule has 0 saturated heterocycles. The van der Waals surface area contributed by atoms with Crippen molar-refractivity contribution in [2.24, 2.45) is 5.92 Å². The quantitative estimate of drug-likeness (QED) is 0.856. The smallest absolute Gasteiger partial charge is 0.326 e. The predicted octanol–water partition coefficient (Wildman–Crippen LogP) is 1.73. The second-order valence-corrected chi connectivity index (χ2v) is 4.54. The van der Waals surface area contributed by atoms with Gasteiger partial charge in [0.2, 0.25) is 0 Å². The summed E-state index contributed by atoms with van der Waals surface area (Å²) in [7, 11) is 0. The number of amides is 1. The summed E-state index contributed by atoms with van der Waals surface area (Å²) in [6.45, 7) is 1.50. The Kier molecular flexibility index (Phi) is 3.32. The van der Waals surface area contributed by atoms with Crippen molar-refractivity contribution in [3.05, 3.63) is 35.1 Å². The Labute approximate surface area is 104 Å². The second-order valence-electron chi connectivity index (χ2n) is 4.54. The fourth-order valence-corrected chi connectivity index (χ4v) is 1.88. The number of carbonyl (C=O) groups excluding carboxylic acids is 1. The van der Waals surface area contributed by atoms with Gasteiger partial charge in [-0.05, 0) is 43.4 Å². The van der Waals surface area contributed by atoms with Crippen molar-refractivity contribution < 1.29 is 19.1 Å². The average molecular weight is 251 g/mol. The van der Waals surface area contributed by atoms with Crippen LogP contribution >= 0.6 is 0 Å². The van der Waals surface area contributed by atoms with Gasteiger partial charge in [0.25, 0.3) is 5.91 Å². The van der Waals surface area contributed by atoms with Crippen LogP contribution in [0.3, 0.4) is 0 Å². The summed E-state index contributed by atoms with van der Waals surface area (Å²) in [6.07, 6.45) is 1.61. The number of carboxylic acid groups (broad SMARTS) is 1. The molecular weight excluding hydrogens is 237 g/mol. The molecule has 0 bridgehead atoms. The molecule has 1 fully saturated rings. The molecule has 0 aliphatic heterocycles. The zero-order valence-electron chi connectivity index (χ0n) is 9.94. The fraction of sp³-hybridized carbons (Fsp3) is 0.385. The number of carboxylic acids is 1. The van der Waals surface area contributed by atoms with E-state index in [0.29, 0.717) is 0 Å². The van der Waals surface area contributed by atoms with Crippen molar-refractivity contribution in [2.75, 3.05) is 0 Å². The minimum Gasteiger partial charge on any atom is -0.480 e. The third-order valence-electron chi connectivity index (χ3n) is 3.16. The number of hydrogen-bond donors (Lipinski definition) is 2. The largest absolute Gasteiger partial charge is 0.480 e. The van der Waals surface area contributed by atoms with E-state index >= 15 is 0 Å². The molecule has 0 radical (unpaired) electrons. The lowest BCUT2D eigenvalue weighted by molar-refractivity contribution is -0.139. The van der Waals surface area contributed by atoms with E-state index in [-0.39, 0.29) is 17.0 Å². The molecule has 1 aliphatic rings. The molecule has 18 heavy (non-hydrogen) atoms. The third kappa shape index (κ3) is 2.50. The number of aliphatic carboxylic acids is 1. The van der Waals surface area contributed by atoms with Crippen LogP contribution in [0.4, 0.5) is 4.39 Å². The molecule has 1 aromatic rings. The van der Waals surface area contributed by atoms with Crippen LogP contribution in [0.2, 0.25) is 0 Å². The van der Waals surface area contributed by atoms with Crippen LogP contribution in [-0.4, -0.2) is 23.0 Å². The summed E-state index contributed by atoms with van der Waals surface area (Å²) in [6, 6.07) is 3.31.